The van der Waals surface area contributed by atoms with Gasteiger partial charge in [0.25, 0.3) is 0 Å². The highest BCUT2D eigenvalue weighted by molar-refractivity contribution is 5.31. The average Bonchev–Trinajstić information content (AvgIpc) is 2.16. The van der Waals surface area contributed by atoms with E-state index in [1.54, 1.807) is 12.1 Å². The van der Waals surface area contributed by atoms with Gasteiger partial charge in [0.1, 0.15) is 0 Å². The maximum Gasteiger partial charge on any atom is 0.165 e. The molecule has 0 bridgehead atoms. The lowest BCUT2D eigenvalue weighted by Gasteiger charge is -2.10. The zero-order valence-corrected chi connectivity index (χ0v) is 8.59. The zero-order valence-electron chi connectivity index (χ0n) is 8.59. The van der Waals surface area contributed by atoms with Crippen LogP contribution in [0.3, 0.4) is 0 Å². The molecule has 2 nitrogen and oxygen atoms in total. The standard InChI is InChI=1S/C11H16FNO/c1-3-6-14-11-7-9(8(2)13)4-5-10(11)12/h4-5,7-8H,3,6,13H2,1-2H3/t8-/m0/s1. The molecule has 0 saturated heterocycles. The van der Waals surface area contributed by atoms with Crippen LogP contribution in [0.25, 0.3) is 0 Å². The van der Waals surface area contributed by atoms with Gasteiger partial charge in [-0.15, -0.1) is 0 Å². The molecule has 1 rings (SSSR count). The van der Waals surface area contributed by atoms with Gasteiger partial charge in [0.2, 0.25) is 0 Å². The van der Waals surface area contributed by atoms with Crippen LogP contribution in [0.1, 0.15) is 31.9 Å². The Labute approximate surface area is 83.9 Å². The van der Waals surface area contributed by atoms with Crippen LogP contribution in [-0.2, 0) is 0 Å². The number of nitrogens with two attached hydrogens (primary N) is 1. The van der Waals surface area contributed by atoms with E-state index in [9.17, 15) is 4.39 Å². The normalized spacial score (nSPS) is 12.6. The second-order valence-electron chi connectivity index (χ2n) is 3.33. The summed E-state index contributed by atoms with van der Waals surface area (Å²) in [6.45, 7) is 4.36. The van der Waals surface area contributed by atoms with E-state index in [4.69, 9.17) is 10.5 Å². The van der Waals surface area contributed by atoms with Gasteiger partial charge >= 0.3 is 0 Å². The van der Waals surface area contributed by atoms with Crippen molar-refractivity contribution in [3.05, 3.63) is 29.6 Å². The van der Waals surface area contributed by atoms with Crippen molar-refractivity contribution in [2.75, 3.05) is 6.61 Å². The van der Waals surface area contributed by atoms with Gasteiger partial charge < -0.3 is 10.5 Å². The van der Waals surface area contributed by atoms with Crippen LogP contribution in [-0.4, -0.2) is 6.61 Å². The monoisotopic (exact) mass is 197 g/mol. The third-order valence-corrected chi connectivity index (χ3v) is 1.94. The van der Waals surface area contributed by atoms with E-state index in [2.05, 4.69) is 0 Å². The Morgan fingerprint density at radius 1 is 1.50 bits per heavy atom. The summed E-state index contributed by atoms with van der Waals surface area (Å²) in [7, 11) is 0. The Hall–Kier alpha value is -1.09. The summed E-state index contributed by atoms with van der Waals surface area (Å²) >= 11 is 0. The Bertz CT molecular complexity index is 299. The van der Waals surface area contributed by atoms with Crippen LogP contribution in [0.4, 0.5) is 4.39 Å². The predicted octanol–water partition coefficient (Wildman–Crippen LogP) is 2.63. The van der Waals surface area contributed by atoms with Crippen molar-refractivity contribution in [1.82, 2.24) is 0 Å². The molecule has 14 heavy (non-hydrogen) atoms. The van der Waals surface area contributed by atoms with E-state index < -0.39 is 0 Å². The number of halogens is 1. The van der Waals surface area contributed by atoms with Gasteiger partial charge in [-0.1, -0.05) is 13.0 Å². The second kappa shape index (κ2) is 4.96. The molecule has 0 aromatic heterocycles. The van der Waals surface area contributed by atoms with Crippen LogP contribution in [0.5, 0.6) is 5.75 Å². The summed E-state index contributed by atoms with van der Waals surface area (Å²) in [5.41, 5.74) is 6.57. The summed E-state index contributed by atoms with van der Waals surface area (Å²) in [5.74, 6) is -0.0375. The molecule has 0 spiro atoms. The quantitative estimate of drug-likeness (QED) is 0.805. The molecule has 1 aromatic carbocycles. The van der Waals surface area contributed by atoms with E-state index in [1.807, 2.05) is 13.8 Å². The number of rotatable bonds is 4. The van der Waals surface area contributed by atoms with Crippen LogP contribution in [0, 0.1) is 5.82 Å². The van der Waals surface area contributed by atoms with E-state index in [1.165, 1.54) is 6.07 Å². The highest BCUT2D eigenvalue weighted by Crippen LogP contribution is 2.21. The smallest absolute Gasteiger partial charge is 0.165 e. The first-order chi connectivity index (χ1) is 6.65. The first-order valence-electron chi connectivity index (χ1n) is 4.83. The van der Waals surface area contributed by atoms with Crippen molar-refractivity contribution in [2.24, 2.45) is 5.73 Å². The number of hydrogen-bond donors (Lipinski definition) is 1. The van der Waals surface area contributed by atoms with Gasteiger partial charge in [0.15, 0.2) is 11.6 Å². The summed E-state index contributed by atoms with van der Waals surface area (Å²) in [4.78, 5) is 0. The van der Waals surface area contributed by atoms with E-state index in [0.717, 1.165) is 12.0 Å². The topological polar surface area (TPSA) is 35.2 Å². The van der Waals surface area contributed by atoms with E-state index >= 15 is 0 Å². The molecule has 0 saturated carbocycles. The highest BCUT2D eigenvalue weighted by atomic mass is 19.1. The molecule has 0 heterocycles. The molecule has 0 aliphatic carbocycles. The minimum Gasteiger partial charge on any atom is -0.491 e. The molecule has 78 valence electrons. The van der Waals surface area contributed by atoms with Gasteiger partial charge in [-0.3, -0.25) is 0 Å². The molecule has 0 aliphatic heterocycles. The van der Waals surface area contributed by atoms with Crippen molar-refractivity contribution in [2.45, 2.75) is 26.3 Å². The molecule has 3 heteroatoms. The zero-order chi connectivity index (χ0) is 10.6. The molecule has 0 fully saturated rings. The molecule has 0 unspecified atom stereocenters. The summed E-state index contributed by atoms with van der Waals surface area (Å²) in [6, 6.07) is 4.64. The van der Waals surface area contributed by atoms with E-state index in [-0.39, 0.29) is 11.9 Å². The SMILES string of the molecule is CCCOc1cc([C@H](C)N)ccc1F. The molecule has 2 N–H and O–H groups in total. The average molecular weight is 197 g/mol. The van der Waals surface area contributed by atoms with Gasteiger partial charge in [-0.25, -0.2) is 4.39 Å². The second-order valence-corrected chi connectivity index (χ2v) is 3.33. The molecular formula is C11H16FNO. The highest BCUT2D eigenvalue weighted by Gasteiger charge is 2.06. The first kappa shape index (κ1) is 11.0. The Morgan fingerprint density at radius 3 is 2.79 bits per heavy atom. The largest absolute Gasteiger partial charge is 0.491 e. The van der Waals surface area contributed by atoms with Crippen LogP contribution in [0.15, 0.2) is 18.2 Å². The number of hydrogen-bond acceptors (Lipinski definition) is 2. The molecular weight excluding hydrogens is 181 g/mol. The fourth-order valence-corrected chi connectivity index (χ4v) is 1.13. The predicted molar refractivity (Wildman–Crippen MR) is 54.8 cm³/mol. The maximum absolute atomic E-state index is 13.2. The first-order valence-corrected chi connectivity index (χ1v) is 4.83. The Morgan fingerprint density at radius 2 is 2.21 bits per heavy atom. The lowest BCUT2D eigenvalue weighted by atomic mass is 10.1. The number of ether oxygens (including phenoxy) is 1. The minimum atomic E-state index is -0.331. The number of benzene rings is 1. The molecule has 1 aromatic rings. The Kier molecular flexibility index (Phi) is 3.89. The summed E-state index contributed by atoms with van der Waals surface area (Å²) in [5, 5.41) is 0. The lowest BCUT2D eigenvalue weighted by molar-refractivity contribution is 0.301. The summed E-state index contributed by atoms with van der Waals surface area (Å²) < 4.78 is 18.4. The molecule has 0 amide bonds. The molecule has 1 atom stereocenters. The third-order valence-electron chi connectivity index (χ3n) is 1.94. The van der Waals surface area contributed by atoms with Gasteiger partial charge in [-0.2, -0.15) is 0 Å². The Balaban J connectivity index is 2.85. The van der Waals surface area contributed by atoms with Crippen LogP contribution >= 0.6 is 0 Å². The van der Waals surface area contributed by atoms with Crippen molar-refractivity contribution < 1.29 is 9.13 Å². The fourth-order valence-electron chi connectivity index (χ4n) is 1.13. The fraction of sp³-hybridized carbons (Fsp3) is 0.455. The van der Waals surface area contributed by atoms with Gasteiger partial charge in [0, 0.05) is 6.04 Å². The van der Waals surface area contributed by atoms with Gasteiger partial charge in [-0.05, 0) is 31.0 Å². The van der Waals surface area contributed by atoms with Crippen molar-refractivity contribution >= 4 is 0 Å². The van der Waals surface area contributed by atoms with Crippen molar-refractivity contribution in [3.8, 4) is 5.75 Å². The maximum atomic E-state index is 13.2. The van der Waals surface area contributed by atoms with Crippen LogP contribution < -0.4 is 10.5 Å². The summed E-state index contributed by atoms with van der Waals surface area (Å²) in [6.07, 6.45) is 0.863. The van der Waals surface area contributed by atoms with Crippen LogP contribution in [0.2, 0.25) is 0 Å². The lowest BCUT2D eigenvalue weighted by Crippen LogP contribution is -2.06. The molecule has 0 aliphatic rings. The van der Waals surface area contributed by atoms with E-state index in [0.29, 0.717) is 12.4 Å². The van der Waals surface area contributed by atoms with Crippen molar-refractivity contribution in [1.29, 1.82) is 0 Å². The molecule has 0 radical (unpaired) electrons. The minimum absolute atomic E-state index is 0.0976. The van der Waals surface area contributed by atoms with Gasteiger partial charge in [0.05, 0.1) is 6.61 Å². The third kappa shape index (κ3) is 2.70. The van der Waals surface area contributed by atoms with Crippen molar-refractivity contribution in [3.63, 3.8) is 0 Å².